The van der Waals surface area contributed by atoms with Crippen LogP contribution in [-0.4, -0.2) is 23.6 Å². The van der Waals surface area contributed by atoms with Crippen molar-refractivity contribution in [2.24, 2.45) is 5.92 Å². The molecule has 3 heteroatoms. The van der Waals surface area contributed by atoms with Crippen LogP contribution < -0.4 is 5.32 Å². The van der Waals surface area contributed by atoms with E-state index in [4.69, 9.17) is 5.26 Å². The van der Waals surface area contributed by atoms with Crippen molar-refractivity contribution in [3.8, 4) is 6.07 Å². The van der Waals surface area contributed by atoms with Crippen molar-refractivity contribution in [2.45, 2.75) is 52.6 Å². The van der Waals surface area contributed by atoms with Crippen LogP contribution in [0, 0.1) is 17.2 Å². The molecule has 0 amide bonds. The molecule has 88 valence electrons. The van der Waals surface area contributed by atoms with Crippen molar-refractivity contribution in [2.75, 3.05) is 11.5 Å². The third kappa shape index (κ3) is 10.1. The highest BCUT2D eigenvalue weighted by atomic mass is 32.2. The molecule has 0 aromatic carbocycles. The molecule has 1 atom stereocenters. The van der Waals surface area contributed by atoms with E-state index in [0.717, 1.165) is 18.1 Å². The summed E-state index contributed by atoms with van der Waals surface area (Å²) in [6, 6.07) is 2.73. The number of nitrogens with one attached hydrogen (secondary N) is 1. The Morgan fingerprint density at radius 1 is 1.13 bits per heavy atom. The minimum absolute atomic E-state index is 0.0246. The van der Waals surface area contributed by atoms with Crippen LogP contribution in [0.15, 0.2) is 0 Å². The highest BCUT2D eigenvalue weighted by molar-refractivity contribution is 7.99. The number of thioether (sulfide) groups is 1. The second-order valence-corrected chi connectivity index (χ2v) is 5.81. The number of rotatable bonds is 8. The molecule has 0 bridgehead atoms. The Balaban J connectivity index is 3.44. The molecular weight excluding hydrogens is 204 g/mol. The van der Waals surface area contributed by atoms with Gasteiger partial charge in [0, 0.05) is 6.04 Å². The van der Waals surface area contributed by atoms with Crippen LogP contribution in [0.3, 0.4) is 0 Å². The molecule has 0 spiro atoms. The molecule has 0 aromatic heterocycles. The summed E-state index contributed by atoms with van der Waals surface area (Å²) in [5, 5.41) is 12.2. The Bertz CT molecular complexity index is 185. The van der Waals surface area contributed by atoms with Crippen molar-refractivity contribution in [3.05, 3.63) is 0 Å². The normalized spacial score (nSPS) is 13.1. The van der Waals surface area contributed by atoms with Gasteiger partial charge in [0.2, 0.25) is 0 Å². The zero-order valence-electron chi connectivity index (χ0n) is 10.4. The fourth-order valence-corrected chi connectivity index (χ4v) is 2.45. The first kappa shape index (κ1) is 14.8. The summed E-state index contributed by atoms with van der Waals surface area (Å²) in [6.07, 6.45) is 2.23. The predicted octanol–water partition coefficient (Wildman–Crippen LogP) is 3.05. The average molecular weight is 228 g/mol. The fourth-order valence-electron chi connectivity index (χ4n) is 1.21. The zero-order valence-corrected chi connectivity index (χ0v) is 11.2. The second-order valence-electron chi connectivity index (χ2n) is 4.59. The molecule has 15 heavy (non-hydrogen) atoms. The summed E-state index contributed by atoms with van der Waals surface area (Å²) in [5.41, 5.74) is 0. The summed E-state index contributed by atoms with van der Waals surface area (Å²) in [7, 11) is 0. The quantitative estimate of drug-likeness (QED) is 0.649. The Morgan fingerprint density at radius 2 is 1.73 bits per heavy atom. The van der Waals surface area contributed by atoms with Gasteiger partial charge in [-0.1, -0.05) is 13.8 Å². The lowest BCUT2D eigenvalue weighted by molar-refractivity contribution is 0.522. The molecule has 1 N–H and O–H groups in total. The molecule has 0 aromatic rings. The van der Waals surface area contributed by atoms with Gasteiger partial charge in [-0.25, -0.2) is 0 Å². The van der Waals surface area contributed by atoms with Crippen LogP contribution in [0.4, 0.5) is 0 Å². The van der Waals surface area contributed by atoms with Crippen molar-refractivity contribution >= 4 is 11.8 Å². The smallest absolute Gasteiger partial charge is 0.0962 e. The van der Waals surface area contributed by atoms with Gasteiger partial charge in [0.15, 0.2) is 0 Å². The van der Waals surface area contributed by atoms with Gasteiger partial charge in [0.1, 0.15) is 0 Å². The molecule has 2 nitrogen and oxygen atoms in total. The highest BCUT2D eigenvalue weighted by Gasteiger charge is 2.07. The van der Waals surface area contributed by atoms with Crippen molar-refractivity contribution in [3.63, 3.8) is 0 Å². The first-order valence-electron chi connectivity index (χ1n) is 5.79. The highest BCUT2D eigenvalue weighted by Crippen LogP contribution is 2.10. The van der Waals surface area contributed by atoms with E-state index >= 15 is 0 Å². The Morgan fingerprint density at radius 3 is 2.20 bits per heavy atom. The minimum atomic E-state index is 0.0246. The van der Waals surface area contributed by atoms with Gasteiger partial charge in [0.25, 0.3) is 0 Å². The van der Waals surface area contributed by atoms with Gasteiger partial charge in [-0.15, -0.1) is 0 Å². The van der Waals surface area contributed by atoms with Crippen molar-refractivity contribution in [1.82, 2.24) is 5.32 Å². The van der Waals surface area contributed by atoms with Crippen LogP contribution >= 0.6 is 11.8 Å². The minimum Gasteiger partial charge on any atom is -0.300 e. The third-order valence-electron chi connectivity index (χ3n) is 2.08. The second kappa shape index (κ2) is 9.06. The number of nitriles is 1. The number of hydrogen-bond acceptors (Lipinski definition) is 3. The summed E-state index contributed by atoms with van der Waals surface area (Å²) in [4.78, 5) is 0. The fraction of sp³-hybridized carbons (Fsp3) is 0.917. The summed E-state index contributed by atoms with van der Waals surface area (Å²) in [6.45, 7) is 8.66. The van der Waals surface area contributed by atoms with Gasteiger partial charge in [-0.3, -0.25) is 5.32 Å². The average Bonchev–Trinajstić information content (AvgIpc) is 2.14. The van der Waals surface area contributed by atoms with Gasteiger partial charge >= 0.3 is 0 Å². The Hall–Kier alpha value is -0.200. The van der Waals surface area contributed by atoms with Crippen LogP contribution in [0.1, 0.15) is 40.5 Å². The molecule has 0 aliphatic carbocycles. The van der Waals surface area contributed by atoms with E-state index in [1.165, 1.54) is 12.2 Å². The zero-order chi connectivity index (χ0) is 11.7. The summed E-state index contributed by atoms with van der Waals surface area (Å²) in [5.74, 6) is 3.10. The van der Waals surface area contributed by atoms with Crippen molar-refractivity contribution < 1.29 is 0 Å². The van der Waals surface area contributed by atoms with Crippen molar-refractivity contribution in [1.29, 1.82) is 5.26 Å². The molecule has 0 aliphatic heterocycles. The van der Waals surface area contributed by atoms with Crippen LogP contribution in [0.25, 0.3) is 0 Å². The monoisotopic (exact) mass is 228 g/mol. The summed E-state index contributed by atoms with van der Waals surface area (Å²) < 4.78 is 0. The van der Waals surface area contributed by atoms with E-state index < -0.39 is 0 Å². The third-order valence-corrected chi connectivity index (χ3v) is 3.13. The van der Waals surface area contributed by atoms with Gasteiger partial charge in [0.05, 0.1) is 12.1 Å². The molecule has 0 aliphatic rings. The lowest BCUT2D eigenvalue weighted by Crippen LogP contribution is -2.33. The lowest BCUT2D eigenvalue weighted by Gasteiger charge is -2.14. The molecule has 0 rings (SSSR count). The molecule has 0 fully saturated rings. The van der Waals surface area contributed by atoms with E-state index in [-0.39, 0.29) is 6.04 Å². The van der Waals surface area contributed by atoms with E-state index in [0.29, 0.717) is 6.04 Å². The van der Waals surface area contributed by atoms with Gasteiger partial charge < -0.3 is 0 Å². The lowest BCUT2D eigenvalue weighted by atomic mass is 10.2. The maximum absolute atomic E-state index is 8.90. The summed E-state index contributed by atoms with van der Waals surface area (Å²) >= 11 is 1.96. The van der Waals surface area contributed by atoms with Gasteiger partial charge in [-0.05, 0) is 44.1 Å². The molecule has 0 radical (unpaired) electrons. The van der Waals surface area contributed by atoms with Crippen LogP contribution in [0.2, 0.25) is 0 Å². The first-order chi connectivity index (χ1) is 7.06. The molecule has 0 saturated heterocycles. The number of hydrogen-bond donors (Lipinski definition) is 1. The Kier molecular flexibility index (Phi) is 8.94. The molecule has 1 unspecified atom stereocenters. The van der Waals surface area contributed by atoms with Crippen LogP contribution in [-0.2, 0) is 0 Å². The van der Waals surface area contributed by atoms with Crippen LogP contribution in [0.5, 0.6) is 0 Å². The maximum Gasteiger partial charge on any atom is 0.0962 e. The number of nitrogens with zero attached hydrogens (tertiary/aromatic N) is 1. The molecule has 0 heterocycles. The topological polar surface area (TPSA) is 35.8 Å². The Labute approximate surface area is 98.8 Å². The molecular formula is C12H24N2S. The SMILES string of the molecule is CC(C)CCSCCC(C#N)NC(C)C. The largest absolute Gasteiger partial charge is 0.300 e. The van der Waals surface area contributed by atoms with Gasteiger partial charge in [-0.2, -0.15) is 17.0 Å². The van der Waals surface area contributed by atoms with E-state index in [1.807, 2.05) is 11.8 Å². The van der Waals surface area contributed by atoms with E-state index in [2.05, 4.69) is 39.1 Å². The first-order valence-corrected chi connectivity index (χ1v) is 6.95. The van der Waals surface area contributed by atoms with E-state index in [9.17, 15) is 0 Å². The predicted molar refractivity (Wildman–Crippen MR) is 69.1 cm³/mol. The van der Waals surface area contributed by atoms with E-state index in [1.54, 1.807) is 0 Å². The standard InChI is InChI=1S/C12H24N2S/c1-10(2)5-7-15-8-6-12(9-13)14-11(3)4/h10-12,14H,5-8H2,1-4H3. The molecule has 0 saturated carbocycles. The maximum atomic E-state index is 8.90.